The van der Waals surface area contributed by atoms with E-state index in [9.17, 15) is 9.59 Å². The molecule has 5 heteroatoms. The van der Waals surface area contributed by atoms with Crippen LogP contribution in [0.25, 0.3) is 0 Å². The van der Waals surface area contributed by atoms with Crippen LogP contribution in [-0.4, -0.2) is 28.9 Å². The van der Waals surface area contributed by atoms with Crippen LogP contribution in [-0.2, 0) is 16.1 Å². The first-order chi connectivity index (χ1) is 8.40. The van der Waals surface area contributed by atoms with Gasteiger partial charge in [-0.25, -0.2) is 0 Å². The summed E-state index contributed by atoms with van der Waals surface area (Å²) in [5.74, 6) is -1.65. The summed E-state index contributed by atoms with van der Waals surface area (Å²) in [6, 6.07) is 7.20. The van der Waals surface area contributed by atoms with Gasteiger partial charge in [-0.15, -0.1) is 0 Å². The molecule has 1 atom stereocenters. The summed E-state index contributed by atoms with van der Waals surface area (Å²) in [5.41, 5.74) is 0.956. The molecule has 0 aliphatic heterocycles. The molecule has 0 radical (unpaired) electrons. The highest BCUT2D eigenvalue weighted by Gasteiger charge is 2.20. The second-order valence-electron chi connectivity index (χ2n) is 4.32. The summed E-state index contributed by atoms with van der Waals surface area (Å²) < 4.78 is 0. The molecule has 18 heavy (non-hydrogen) atoms. The number of carboxylic acid groups (broad SMARTS) is 1. The Morgan fingerprint density at radius 2 is 1.89 bits per heavy atom. The van der Waals surface area contributed by atoms with Crippen LogP contribution in [0.4, 0.5) is 0 Å². The van der Waals surface area contributed by atoms with E-state index in [1.54, 1.807) is 26.1 Å². The number of carbonyl (C=O) groups is 2. The molecular weight excluding hydrogens is 254 g/mol. The average Bonchev–Trinajstić information content (AvgIpc) is 2.30. The number of hydrogen-bond acceptors (Lipinski definition) is 2. The number of aliphatic carboxylic acids is 1. The van der Waals surface area contributed by atoms with Crippen molar-refractivity contribution in [2.24, 2.45) is 5.92 Å². The van der Waals surface area contributed by atoms with E-state index in [2.05, 4.69) is 0 Å². The third-order valence-corrected chi connectivity index (χ3v) is 2.86. The molecule has 0 heterocycles. The van der Waals surface area contributed by atoms with Crippen molar-refractivity contribution in [1.82, 2.24) is 4.90 Å². The topological polar surface area (TPSA) is 57.6 Å². The predicted octanol–water partition coefficient (Wildman–Crippen LogP) is 2.41. The molecule has 0 saturated heterocycles. The fraction of sp³-hybridized carbons (Fsp3) is 0.385. The number of amides is 1. The Labute approximate surface area is 111 Å². The lowest BCUT2D eigenvalue weighted by molar-refractivity contribution is -0.143. The highest BCUT2D eigenvalue weighted by molar-refractivity contribution is 6.30. The number of nitrogens with zero attached hydrogens (tertiary/aromatic N) is 1. The quantitative estimate of drug-likeness (QED) is 0.893. The van der Waals surface area contributed by atoms with Crippen molar-refractivity contribution in [3.63, 3.8) is 0 Å². The molecule has 0 bridgehead atoms. The van der Waals surface area contributed by atoms with Crippen LogP contribution in [0.2, 0.25) is 5.02 Å². The Morgan fingerprint density at radius 1 is 1.33 bits per heavy atom. The van der Waals surface area contributed by atoms with Crippen molar-refractivity contribution >= 4 is 23.5 Å². The Hall–Kier alpha value is -1.55. The zero-order valence-corrected chi connectivity index (χ0v) is 11.1. The van der Waals surface area contributed by atoms with Crippen LogP contribution in [0, 0.1) is 5.92 Å². The van der Waals surface area contributed by atoms with Gasteiger partial charge in [-0.3, -0.25) is 9.59 Å². The third-order valence-electron chi connectivity index (χ3n) is 2.61. The van der Waals surface area contributed by atoms with Crippen molar-refractivity contribution in [1.29, 1.82) is 0 Å². The highest BCUT2D eigenvalue weighted by atomic mass is 35.5. The van der Waals surface area contributed by atoms with Crippen LogP contribution in [0.5, 0.6) is 0 Å². The van der Waals surface area contributed by atoms with Gasteiger partial charge in [0.25, 0.3) is 0 Å². The largest absolute Gasteiger partial charge is 0.481 e. The summed E-state index contributed by atoms with van der Waals surface area (Å²) in [5, 5.41) is 9.29. The predicted molar refractivity (Wildman–Crippen MR) is 69.3 cm³/mol. The molecule has 98 valence electrons. The van der Waals surface area contributed by atoms with Gasteiger partial charge in [0, 0.05) is 24.5 Å². The molecule has 1 aromatic carbocycles. The maximum Gasteiger partial charge on any atom is 0.304 e. The second-order valence-corrected chi connectivity index (χ2v) is 4.76. The lowest BCUT2D eigenvalue weighted by atomic mass is 10.1. The van der Waals surface area contributed by atoms with Gasteiger partial charge in [-0.1, -0.05) is 30.7 Å². The van der Waals surface area contributed by atoms with Crippen molar-refractivity contribution in [2.75, 3.05) is 7.05 Å². The van der Waals surface area contributed by atoms with Crippen molar-refractivity contribution in [3.8, 4) is 0 Å². The van der Waals surface area contributed by atoms with Gasteiger partial charge < -0.3 is 10.0 Å². The molecule has 1 amide bonds. The Bertz CT molecular complexity index is 430. The molecule has 1 N–H and O–H groups in total. The zero-order valence-electron chi connectivity index (χ0n) is 10.4. The van der Waals surface area contributed by atoms with Gasteiger partial charge in [-0.2, -0.15) is 0 Å². The third kappa shape index (κ3) is 4.37. The number of carbonyl (C=O) groups excluding carboxylic acids is 1. The van der Waals surface area contributed by atoms with E-state index in [1.807, 2.05) is 12.1 Å². The van der Waals surface area contributed by atoms with E-state index in [4.69, 9.17) is 16.7 Å². The molecule has 1 aromatic rings. The van der Waals surface area contributed by atoms with Gasteiger partial charge in [0.15, 0.2) is 0 Å². The minimum Gasteiger partial charge on any atom is -0.481 e. The van der Waals surface area contributed by atoms with Gasteiger partial charge in [0.2, 0.25) is 5.91 Å². The molecule has 0 aliphatic rings. The van der Waals surface area contributed by atoms with Gasteiger partial charge >= 0.3 is 5.97 Å². The van der Waals surface area contributed by atoms with Crippen molar-refractivity contribution in [3.05, 3.63) is 34.9 Å². The minimum atomic E-state index is -0.962. The monoisotopic (exact) mass is 269 g/mol. The van der Waals surface area contributed by atoms with E-state index in [1.165, 1.54) is 4.90 Å². The number of hydrogen-bond donors (Lipinski definition) is 1. The SMILES string of the molecule is CC(CC(=O)O)C(=O)N(C)Cc1ccc(Cl)cc1. The van der Waals surface area contributed by atoms with E-state index in [0.717, 1.165) is 5.56 Å². The summed E-state index contributed by atoms with van der Waals surface area (Å²) in [7, 11) is 1.66. The first-order valence-electron chi connectivity index (χ1n) is 5.61. The summed E-state index contributed by atoms with van der Waals surface area (Å²) in [4.78, 5) is 24.0. The first kappa shape index (κ1) is 14.5. The average molecular weight is 270 g/mol. The minimum absolute atomic E-state index is 0.149. The summed E-state index contributed by atoms with van der Waals surface area (Å²) >= 11 is 5.77. The maximum atomic E-state index is 11.9. The Balaban J connectivity index is 2.59. The van der Waals surface area contributed by atoms with E-state index in [0.29, 0.717) is 11.6 Å². The molecular formula is C13H16ClNO3. The molecule has 0 aliphatic carbocycles. The first-order valence-corrected chi connectivity index (χ1v) is 5.99. The standard InChI is InChI=1S/C13H16ClNO3/c1-9(7-12(16)17)13(18)15(2)8-10-3-5-11(14)6-4-10/h3-6,9H,7-8H2,1-2H3,(H,16,17). The van der Waals surface area contributed by atoms with Gasteiger partial charge in [0.1, 0.15) is 0 Å². The van der Waals surface area contributed by atoms with Crippen LogP contribution in [0.1, 0.15) is 18.9 Å². The summed E-state index contributed by atoms with van der Waals surface area (Å²) in [6.45, 7) is 2.06. The fourth-order valence-corrected chi connectivity index (χ4v) is 1.79. The van der Waals surface area contributed by atoms with Gasteiger partial charge in [-0.05, 0) is 17.7 Å². The normalized spacial score (nSPS) is 11.9. The molecule has 1 unspecified atom stereocenters. The van der Waals surface area contributed by atoms with Crippen LogP contribution in [0.15, 0.2) is 24.3 Å². The highest BCUT2D eigenvalue weighted by Crippen LogP contribution is 2.13. The number of halogens is 1. The Morgan fingerprint density at radius 3 is 2.39 bits per heavy atom. The van der Waals surface area contributed by atoms with Gasteiger partial charge in [0.05, 0.1) is 6.42 Å². The fourth-order valence-electron chi connectivity index (χ4n) is 1.67. The molecule has 0 aromatic heterocycles. The lowest BCUT2D eigenvalue weighted by Crippen LogP contribution is -2.32. The molecule has 4 nitrogen and oxygen atoms in total. The Kier molecular flexibility index (Phi) is 5.16. The number of rotatable bonds is 5. The molecule has 0 spiro atoms. The number of carboxylic acids is 1. The zero-order chi connectivity index (χ0) is 13.7. The smallest absolute Gasteiger partial charge is 0.304 e. The van der Waals surface area contributed by atoms with Crippen LogP contribution >= 0.6 is 11.6 Å². The van der Waals surface area contributed by atoms with Crippen molar-refractivity contribution < 1.29 is 14.7 Å². The van der Waals surface area contributed by atoms with Crippen LogP contribution < -0.4 is 0 Å². The van der Waals surface area contributed by atoms with E-state index < -0.39 is 11.9 Å². The summed E-state index contributed by atoms with van der Waals surface area (Å²) in [6.07, 6.45) is -0.149. The van der Waals surface area contributed by atoms with Crippen molar-refractivity contribution in [2.45, 2.75) is 19.9 Å². The van der Waals surface area contributed by atoms with Crippen LogP contribution in [0.3, 0.4) is 0 Å². The van der Waals surface area contributed by atoms with E-state index >= 15 is 0 Å². The van der Waals surface area contributed by atoms with E-state index in [-0.39, 0.29) is 12.3 Å². The second kappa shape index (κ2) is 6.40. The lowest BCUT2D eigenvalue weighted by Gasteiger charge is -2.20. The molecule has 0 fully saturated rings. The number of benzene rings is 1. The maximum absolute atomic E-state index is 11.9. The molecule has 0 saturated carbocycles. The molecule has 1 rings (SSSR count).